The predicted molar refractivity (Wildman–Crippen MR) is 277 cm³/mol. The number of nitrogens with zero attached hydrogens (tertiary/aromatic N) is 2. The molecule has 0 saturated carbocycles. The lowest BCUT2D eigenvalue weighted by Crippen LogP contribution is -2.74. The van der Waals surface area contributed by atoms with Crippen LogP contribution in [0.5, 0.6) is 0 Å². The molecule has 0 bridgehead atoms. The van der Waals surface area contributed by atoms with E-state index >= 15 is 0 Å². The summed E-state index contributed by atoms with van der Waals surface area (Å²) in [7, 11) is -2.70. The maximum atomic E-state index is 2.50. The van der Waals surface area contributed by atoms with Gasteiger partial charge >= 0.3 is 0 Å². The third-order valence-electron chi connectivity index (χ3n) is 13.5. The Morgan fingerprint density at radius 2 is 0.828 bits per heavy atom. The van der Waals surface area contributed by atoms with Gasteiger partial charge < -0.3 is 9.13 Å². The van der Waals surface area contributed by atoms with Gasteiger partial charge in [0.1, 0.15) is 0 Å². The van der Waals surface area contributed by atoms with E-state index < -0.39 is 8.07 Å². The minimum absolute atomic E-state index is 1.14. The van der Waals surface area contributed by atoms with Crippen molar-refractivity contribution in [2.75, 3.05) is 0 Å². The number of fused-ring (bicyclic) bond motifs is 9. The zero-order valence-electron chi connectivity index (χ0n) is 34.9. The van der Waals surface area contributed by atoms with Gasteiger partial charge in [0.15, 0.2) is 8.07 Å². The Morgan fingerprint density at radius 3 is 1.50 bits per heavy atom. The van der Waals surface area contributed by atoms with Gasteiger partial charge in [-0.2, -0.15) is 0 Å². The zero-order valence-corrected chi connectivity index (χ0v) is 36.7. The van der Waals surface area contributed by atoms with Gasteiger partial charge in [0.25, 0.3) is 0 Å². The van der Waals surface area contributed by atoms with E-state index in [0.717, 1.165) is 11.4 Å². The Labute approximate surface area is 376 Å². The zero-order chi connectivity index (χ0) is 42.2. The molecule has 0 atom stereocenters. The van der Waals surface area contributed by atoms with Crippen LogP contribution in [0.15, 0.2) is 243 Å². The highest BCUT2D eigenvalue weighted by Gasteiger charge is 2.41. The molecule has 0 fully saturated rings. The van der Waals surface area contributed by atoms with Gasteiger partial charge in [-0.15, -0.1) is 11.3 Å². The van der Waals surface area contributed by atoms with Crippen molar-refractivity contribution in [1.82, 2.24) is 9.13 Å². The van der Waals surface area contributed by atoms with E-state index in [4.69, 9.17) is 0 Å². The molecule has 0 unspecified atom stereocenters. The molecule has 3 aromatic heterocycles. The number of benzene rings is 10. The molecule has 0 spiro atoms. The summed E-state index contributed by atoms with van der Waals surface area (Å²) in [6, 6.07) is 90.4. The van der Waals surface area contributed by atoms with Gasteiger partial charge in [-0.1, -0.05) is 194 Å². The summed E-state index contributed by atoms with van der Waals surface area (Å²) in [5, 5.41) is 13.1. The second kappa shape index (κ2) is 14.7. The van der Waals surface area contributed by atoms with Gasteiger partial charge in [-0.25, -0.2) is 0 Å². The van der Waals surface area contributed by atoms with E-state index in [1.165, 1.54) is 95.7 Å². The van der Waals surface area contributed by atoms with Crippen LogP contribution < -0.4 is 20.7 Å². The van der Waals surface area contributed by atoms with Gasteiger partial charge in [0.05, 0.1) is 27.8 Å². The minimum atomic E-state index is -2.70. The molecular formula is C60H40N2SSi. The van der Waals surface area contributed by atoms with Crippen molar-refractivity contribution in [3.63, 3.8) is 0 Å². The molecule has 64 heavy (non-hydrogen) atoms. The molecule has 0 aliphatic carbocycles. The lowest BCUT2D eigenvalue weighted by Gasteiger charge is -2.34. The van der Waals surface area contributed by atoms with Gasteiger partial charge in [0.2, 0.25) is 0 Å². The minimum Gasteiger partial charge on any atom is -0.307 e. The Morgan fingerprint density at radius 1 is 0.328 bits per heavy atom. The van der Waals surface area contributed by atoms with Crippen molar-refractivity contribution in [2.45, 2.75) is 0 Å². The first kappa shape index (κ1) is 36.9. The topological polar surface area (TPSA) is 9.86 Å². The molecule has 0 aliphatic rings. The maximum absolute atomic E-state index is 2.70. The predicted octanol–water partition coefficient (Wildman–Crippen LogP) is 13.3. The second-order valence-electron chi connectivity index (χ2n) is 16.8. The van der Waals surface area contributed by atoms with E-state index in [1.807, 2.05) is 11.3 Å². The van der Waals surface area contributed by atoms with Crippen LogP contribution in [-0.4, -0.2) is 17.2 Å². The first-order chi connectivity index (χ1) is 31.8. The summed E-state index contributed by atoms with van der Waals surface area (Å²) >= 11 is 1.89. The van der Waals surface area contributed by atoms with Crippen LogP contribution in [0.25, 0.3) is 86.3 Å². The highest BCUT2D eigenvalue weighted by atomic mass is 32.1. The number of hydrogen-bond donors (Lipinski definition) is 0. The number of aromatic nitrogens is 2. The Kier molecular flexibility index (Phi) is 8.45. The molecule has 0 aliphatic heterocycles. The average molecular weight is 849 g/mol. The number of hydrogen-bond acceptors (Lipinski definition) is 1. The third-order valence-corrected chi connectivity index (χ3v) is 19.5. The average Bonchev–Trinajstić information content (AvgIpc) is 4.03. The lowest BCUT2D eigenvalue weighted by molar-refractivity contribution is 1.13. The van der Waals surface area contributed by atoms with E-state index in [1.54, 1.807) is 0 Å². The summed E-state index contributed by atoms with van der Waals surface area (Å²) in [5.74, 6) is 0. The Hall–Kier alpha value is -7.76. The van der Waals surface area contributed by atoms with Crippen LogP contribution in [0.1, 0.15) is 0 Å². The van der Waals surface area contributed by atoms with Gasteiger partial charge in [0, 0.05) is 47.4 Å². The normalized spacial score (nSPS) is 12.1. The first-order valence-corrected chi connectivity index (χ1v) is 24.8. The van der Waals surface area contributed by atoms with Crippen molar-refractivity contribution in [1.29, 1.82) is 0 Å². The molecule has 13 aromatic rings. The van der Waals surface area contributed by atoms with Gasteiger partial charge in [-0.3, -0.25) is 0 Å². The number of thiophene rings is 1. The maximum Gasteiger partial charge on any atom is 0.179 e. The molecule has 0 amide bonds. The van der Waals surface area contributed by atoms with Crippen LogP contribution >= 0.6 is 11.3 Å². The Bertz CT molecular complexity index is 3790. The van der Waals surface area contributed by atoms with Crippen LogP contribution in [0, 0.1) is 0 Å². The molecular weight excluding hydrogens is 809 g/mol. The van der Waals surface area contributed by atoms with Crippen LogP contribution in [-0.2, 0) is 0 Å². The summed E-state index contributed by atoms with van der Waals surface area (Å²) in [4.78, 5) is 0. The first-order valence-electron chi connectivity index (χ1n) is 22.0. The number of rotatable bonds is 7. The van der Waals surface area contributed by atoms with Crippen LogP contribution in [0.4, 0.5) is 0 Å². The molecule has 2 nitrogen and oxygen atoms in total. The molecule has 10 aromatic carbocycles. The Balaban J connectivity index is 1.03. The smallest absolute Gasteiger partial charge is 0.179 e. The van der Waals surface area contributed by atoms with Gasteiger partial charge in [-0.05, 0) is 80.4 Å². The molecule has 300 valence electrons. The fraction of sp³-hybridized carbons (Fsp3) is 0. The number of para-hydroxylation sites is 3. The SMILES string of the molecule is c1ccc([Si](c2ccccc2)(c2ccccc2)c2ccc(-n3c4ccccc4c4cccc(-n5c6ccccc6c6cc(-c7cccc8c7sc7ccccc78)ccc65)c43)cc2)cc1. The monoisotopic (exact) mass is 848 g/mol. The quantitative estimate of drug-likeness (QED) is 0.112. The molecule has 13 rings (SSSR count). The molecule has 0 N–H and O–H groups in total. The molecule has 0 saturated heterocycles. The van der Waals surface area contributed by atoms with Crippen LogP contribution in [0.3, 0.4) is 0 Å². The van der Waals surface area contributed by atoms with Crippen molar-refractivity contribution < 1.29 is 0 Å². The summed E-state index contributed by atoms with van der Waals surface area (Å²) in [5.41, 5.74) is 9.58. The fourth-order valence-corrected chi connectivity index (χ4v) is 16.7. The third kappa shape index (κ3) is 5.43. The van der Waals surface area contributed by atoms with E-state index in [0.29, 0.717) is 0 Å². The summed E-state index contributed by atoms with van der Waals surface area (Å²) < 4.78 is 7.66. The van der Waals surface area contributed by atoms with Crippen molar-refractivity contribution in [2.24, 2.45) is 0 Å². The highest BCUT2D eigenvalue weighted by molar-refractivity contribution is 7.26. The molecule has 4 heteroatoms. The molecule has 3 heterocycles. The summed E-state index contributed by atoms with van der Waals surface area (Å²) in [6.07, 6.45) is 0. The largest absolute Gasteiger partial charge is 0.307 e. The standard InChI is InChI=1S/C60H40N2SSi/c1-4-18-43(19-5-1)64(44-20-6-2-7-21-44,45-22-8-3-9-23-45)46-37-35-42(36-38-46)61-54-30-13-10-24-48(54)51-28-17-32-57(59(51)61)62-55-31-14-11-25-49(55)53-40-41(34-39-56(53)62)47-27-16-29-52-50-26-12-15-33-58(50)63-60(47)52/h1-40H. The van der Waals surface area contributed by atoms with E-state index in [9.17, 15) is 0 Å². The lowest BCUT2D eigenvalue weighted by atomic mass is 10.0. The van der Waals surface area contributed by atoms with E-state index in [-0.39, 0.29) is 0 Å². The van der Waals surface area contributed by atoms with E-state index in [2.05, 4.69) is 252 Å². The van der Waals surface area contributed by atoms with Crippen molar-refractivity contribution >= 4 is 104 Å². The fourth-order valence-electron chi connectivity index (χ4n) is 10.7. The second-order valence-corrected chi connectivity index (χ2v) is 21.6. The highest BCUT2D eigenvalue weighted by Crippen LogP contribution is 2.43. The van der Waals surface area contributed by atoms with Crippen molar-refractivity contribution in [3.05, 3.63) is 243 Å². The summed E-state index contributed by atoms with van der Waals surface area (Å²) in [6.45, 7) is 0. The van der Waals surface area contributed by atoms with Crippen molar-refractivity contribution in [3.8, 4) is 22.5 Å². The molecule has 0 radical (unpaired) electrons. The van der Waals surface area contributed by atoms with Crippen LogP contribution in [0.2, 0.25) is 0 Å².